The summed E-state index contributed by atoms with van der Waals surface area (Å²) in [5, 5.41) is 0. The first kappa shape index (κ1) is 11.9. The zero-order valence-corrected chi connectivity index (χ0v) is 9.43. The molecule has 1 fully saturated rings. The van der Waals surface area contributed by atoms with E-state index in [4.69, 9.17) is 5.73 Å². The molecule has 0 amide bonds. The zero-order valence-electron chi connectivity index (χ0n) is 9.43. The number of hydrogen-bond donors (Lipinski definition) is 1. The molecule has 2 unspecified atom stereocenters. The smallest absolute Gasteiger partial charge is 0.102 e. The molecule has 1 aliphatic carbocycles. The van der Waals surface area contributed by atoms with Gasteiger partial charge >= 0.3 is 0 Å². The van der Waals surface area contributed by atoms with Gasteiger partial charge < -0.3 is 5.73 Å². The molecule has 1 rings (SSSR count). The van der Waals surface area contributed by atoms with Crippen LogP contribution in [-0.4, -0.2) is 37.3 Å². The van der Waals surface area contributed by atoms with Gasteiger partial charge in [-0.15, -0.1) is 0 Å². The van der Waals surface area contributed by atoms with E-state index in [-0.39, 0.29) is 12.2 Å². The number of alkyl halides is 1. The Morgan fingerprint density at radius 1 is 1.57 bits per heavy atom. The van der Waals surface area contributed by atoms with Crippen LogP contribution in [0.3, 0.4) is 0 Å². The molecule has 0 saturated heterocycles. The van der Waals surface area contributed by atoms with Crippen molar-refractivity contribution in [1.82, 2.24) is 4.90 Å². The summed E-state index contributed by atoms with van der Waals surface area (Å²) in [7, 11) is 2.00. The van der Waals surface area contributed by atoms with E-state index in [2.05, 4.69) is 11.8 Å². The van der Waals surface area contributed by atoms with Crippen LogP contribution in [0.2, 0.25) is 0 Å². The lowest BCUT2D eigenvalue weighted by molar-refractivity contribution is 0.0569. The second kappa shape index (κ2) is 5.08. The summed E-state index contributed by atoms with van der Waals surface area (Å²) < 4.78 is 12.3. The van der Waals surface area contributed by atoms with E-state index < -0.39 is 0 Å². The van der Waals surface area contributed by atoms with Crippen LogP contribution in [0.4, 0.5) is 4.39 Å². The quantitative estimate of drug-likeness (QED) is 0.753. The van der Waals surface area contributed by atoms with Crippen LogP contribution in [0.15, 0.2) is 0 Å². The normalized spacial score (nSPS) is 33.6. The van der Waals surface area contributed by atoms with Crippen molar-refractivity contribution in [3.05, 3.63) is 0 Å². The molecule has 84 valence electrons. The van der Waals surface area contributed by atoms with Crippen molar-refractivity contribution < 1.29 is 4.39 Å². The van der Waals surface area contributed by atoms with Gasteiger partial charge in [0.1, 0.15) is 6.67 Å². The fraction of sp³-hybridized carbons (Fsp3) is 1.00. The molecular formula is C11H23FN2. The number of rotatable bonds is 4. The van der Waals surface area contributed by atoms with E-state index in [0.717, 1.165) is 18.8 Å². The number of likely N-dealkylation sites (N-methyl/N-ethyl adjacent to an activating group) is 1. The summed E-state index contributed by atoms with van der Waals surface area (Å²) in [6, 6.07) is 0. The van der Waals surface area contributed by atoms with E-state index in [1.165, 1.54) is 12.8 Å². The molecule has 2 nitrogen and oxygen atoms in total. The van der Waals surface area contributed by atoms with Gasteiger partial charge in [-0.1, -0.05) is 19.8 Å². The van der Waals surface area contributed by atoms with Crippen molar-refractivity contribution in [1.29, 1.82) is 0 Å². The molecule has 0 aromatic rings. The lowest BCUT2D eigenvalue weighted by atomic mass is 9.75. The minimum Gasteiger partial charge on any atom is -0.329 e. The topological polar surface area (TPSA) is 29.3 Å². The molecule has 0 aromatic carbocycles. The highest BCUT2D eigenvalue weighted by atomic mass is 19.1. The Labute approximate surface area is 86.6 Å². The molecule has 0 bridgehead atoms. The summed E-state index contributed by atoms with van der Waals surface area (Å²) in [5.74, 6) is 0.731. The minimum atomic E-state index is -0.271. The molecule has 0 aromatic heterocycles. The fourth-order valence-electron chi connectivity index (χ4n) is 2.68. The Morgan fingerprint density at radius 3 is 2.79 bits per heavy atom. The van der Waals surface area contributed by atoms with Gasteiger partial charge in [-0.3, -0.25) is 4.90 Å². The van der Waals surface area contributed by atoms with Gasteiger partial charge in [0.25, 0.3) is 0 Å². The molecule has 0 spiro atoms. The molecule has 1 aliphatic rings. The van der Waals surface area contributed by atoms with Crippen molar-refractivity contribution in [3.8, 4) is 0 Å². The van der Waals surface area contributed by atoms with Crippen LogP contribution in [-0.2, 0) is 0 Å². The third kappa shape index (κ3) is 2.45. The Morgan fingerprint density at radius 2 is 2.29 bits per heavy atom. The molecule has 14 heavy (non-hydrogen) atoms. The average Bonchev–Trinajstić information content (AvgIpc) is 2.18. The van der Waals surface area contributed by atoms with E-state index in [1.54, 1.807) is 0 Å². The van der Waals surface area contributed by atoms with Gasteiger partial charge in [0.05, 0.1) is 0 Å². The fourth-order valence-corrected chi connectivity index (χ4v) is 2.68. The number of halogens is 1. The Bertz CT molecular complexity index is 175. The molecular weight excluding hydrogens is 179 g/mol. The molecule has 0 heterocycles. The summed E-state index contributed by atoms with van der Waals surface area (Å²) >= 11 is 0. The predicted octanol–water partition coefficient (Wildman–Crippen LogP) is 1.80. The first-order valence-corrected chi connectivity index (χ1v) is 5.62. The highest BCUT2D eigenvalue weighted by Gasteiger charge is 2.36. The monoisotopic (exact) mass is 202 g/mol. The number of nitrogens with zero attached hydrogens (tertiary/aromatic N) is 1. The van der Waals surface area contributed by atoms with Crippen molar-refractivity contribution in [2.24, 2.45) is 11.7 Å². The standard InChI is InChI=1S/C11H23FN2/c1-10-4-3-5-11(8-10,9-13)14(2)7-6-12/h10H,3-9,13H2,1-2H3. The van der Waals surface area contributed by atoms with E-state index in [0.29, 0.717) is 13.1 Å². The first-order chi connectivity index (χ1) is 6.64. The Kier molecular flexibility index (Phi) is 4.32. The van der Waals surface area contributed by atoms with Gasteiger partial charge in [0, 0.05) is 18.6 Å². The van der Waals surface area contributed by atoms with Crippen molar-refractivity contribution >= 4 is 0 Å². The van der Waals surface area contributed by atoms with Crippen LogP contribution < -0.4 is 5.73 Å². The summed E-state index contributed by atoms with van der Waals surface area (Å²) in [6.07, 6.45) is 4.78. The van der Waals surface area contributed by atoms with Crippen LogP contribution in [0.5, 0.6) is 0 Å². The average molecular weight is 202 g/mol. The lowest BCUT2D eigenvalue weighted by Crippen LogP contribution is -2.55. The van der Waals surface area contributed by atoms with Crippen LogP contribution >= 0.6 is 0 Å². The second-order valence-electron chi connectivity index (χ2n) is 4.74. The maximum absolute atomic E-state index is 12.3. The van der Waals surface area contributed by atoms with E-state index >= 15 is 0 Å². The Balaban J connectivity index is 2.63. The summed E-state index contributed by atoms with van der Waals surface area (Å²) in [6.45, 7) is 3.18. The molecule has 2 atom stereocenters. The van der Waals surface area contributed by atoms with Gasteiger partial charge in [-0.2, -0.15) is 0 Å². The SMILES string of the molecule is CC1CCCC(CN)(N(C)CCF)C1. The van der Waals surface area contributed by atoms with E-state index in [1.807, 2.05) is 7.05 Å². The highest BCUT2D eigenvalue weighted by Crippen LogP contribution is 2.35. The third-order valence-electron chi connectivity index (χ3n) is 3.68. The van der Waals surface area contributed by atoms with Gasteiger partial charge in [0.15, 0.2) is 0 Å². The van der Waals surface area contributed by atoms with Crippen molar-refractivity contribution in [2.75, 3.05) is 26.8 Å². The summed E-state index contributed by atoms with van der Waals surface area (Å²) in [4.78, 5) is 2.13. The Hall–Kier alpha value is -0.150. The molecule has 3 heteroatoms. The number of nitrogens with two attached hydrogens (primary N) is 1. The first-order valence-electron chi connectivity index (χ1n) is 5.62. The van der Waals surface area contributed by atoms with Crippen LogP contribution in [0.25, 0.3) is 0 Å². The maximum atomic E-state index is 12.3. The lowest BCUT2D eigenvalue weighted by Gasteiger charge is -2.45. The molecule has 1 saturated carbocycles. The van der Waals surface area contributed by atoms with Crippen LogP contribution in [0, 0.1) is 5.92 Å². The largest absolute Gasteiger partial charge is 0.329 e. The predicted molar refractivity (Wildman–Crippen MR) is 58.0 cm³/mol. The second-order valence-corrected chi connectivity index (χ2v) is 4.74. The summed E-state index contributed by atoms with van der Waals surface area (Å²) in [5.41, 5.74) is 5.94. The minimum absolute atomic E-state index is 0.0732. The van der Waals surface area contributed by atoms with Gasteiger partial charge in [-0.05, 0) is 25.8 Å². The maximum Gasteiger partial charge on any atom is 0.102 e. The number of hydrogen-bond acceptors (Lipinski definition) is 2. The van der Waals surface area contributed by atoms with Crippen LogP contribution in [0.1, 0.15) is 32.6 Å². The molecule has 0 aliphatic heterocycles. The highest BCUT2D eigenvalue weighted by molar-refractivity contribution is 4.94. The van der Waals surface area contributed by atoms with Crippen molar-refractivity contribution in [3.63, 3.8) is 0 Å². The van der Waals surface area contributed by atoms with Gasteiger partial charge in [0.2, 0.25) is 0 Å². The molecule has 0 radical (unpaired) electrons. The van der Waals surface area contributed by atoms with Gasteiger partial charge in [-0.25, -0.2) is 4.39 Å². The van der Waals surface area contributed by atoms with E-state index in [9.17, 15) is 4.39 Å². The molecule has 2 N–H and O–H groups in total. The third-order valence-corrected chi connectivity index (χ3v) is 3.68. The van der Waals surface area contributed by atoms with Crippen molar-refractivity contribution in [2.45, 2.75) is 38.1 Å². The zero-order chi connectivity index (χ0) is 10.6.